The van der Waals surface area contributed by atoms with Gasteiger partial charge in [-0.2, -0.15) is 5.10 Å². The van der Waals surface area contributed by atoms with E-state index in [0.29, 0.717) is 5.58 Å². The number of hydrogen-bond donors (Lipinski definition) is 1. The zero-order chi connectivity index (χ0) is 16.9. The normalized spacial score (nSPS) is 11.6. The maximum atomic E-state index is 12.1. The van der Waals surface area contributed by atoms with E-state index < -0.39 is 0 Å². The van der Waals surface area contributed by atoms with Gasteiger partial charge in [-0.15, -0.1) is 0 Å². The number of carbonyl (C=O) groups excluding carboxylic acids is 1. The highest BCUT2D eigenvalue weighted by Gasteiger charge is 2.12. The SMILES string of the molecule is O=C(N/N=C/C=C/c1ccccc1)c1cc2cc(Br)c(I)cc2o1. The molecule has 1 aromatic heterocycles. The highest BCUT2D eigenvalue weighted by molar-refractivity contribution is 14.1. The molecule has 3 rings (SSSR count). The minimum atomic E-state index is -0.387. The predicted octanol–water partition coefficient (Wildman–Crippen LogP) is 5.23. The van der Waals surface area contributed by atoms with Gasteiger partial charge >= 0.3 is 5.91 Å². The third kappa shape index (κ3) is 4.12. The fourth-order valence-electron chi connectivity index (χ4n) is 2.06. The first-order valence-corrected chi connectivity index (χ1v) is 8.94. The molecule has 3 aromatic rings. The molecule has 1 N–H and O–H groups in total. The molecule has 0 aliphatic heterocycles. The average molecular weight is 495 g/mol. The van der Waals surface area contributed by atoms with Crippen molar-refractivity contribution in [2.75, 3.05) is 0 Å². The number of hydrazone groups is 1. The lowest BCUT2D eigenvalue weighted by molar-refractivity contribution is 0.0929. The van der Waals surface area contributed by atoms with Crippen LogP contribution < -0.4 is 5.43 Å². The molecule has 120 valence electrons. The third-order valence-electron chi connectivity index (χ3n) is 3.20. The van der Waals surface area contributed by atoms with Gasteiger partial charge in [0.05, 0.1) is 0 Å². The number of hydrogen-bond acceptors (Lipinski definition) is 3. The predicted molar refractivity (Wildman–Crippen MR) is 108 cm³/mol. The quantitative estimate of drug-likeness (QED) is 0.307. The van der Waals surface area contributed by atoms with Crippen LogP contribution in [0, 0.1) is 3.57 Å². The van der Waals surface area contributed by atoms with Crippen molar-refractivity contribution in [2.45, 2.75) is 0 Å². The molecule has 24 heavy (non-hydrogen) atoms. The molecule has 0 spiro atoms. The Morgan fingerprint density at radius 2 is 2.00 bits per heavy atom. The molecule has 2 aromatic carbocycles. The number of amides is 1. The second-order valence-electron chi connectivity index (χ2n) is 4.90. The summed E-state index contributed by atoms with van der Waals surface area (Å²) in [7, 11) is 0. The van der Waals surface area contributed by atoms with Gasteiger partial charge in [0, 0.05) is 19.6 Å². The summed E-state index contributed by atoms with van der Waals surface area (Å²) in [5, 5.41) is 4.75. The summed E-state index contributed by atoms with van der Waals surface area (Å²) >= 11 is 5.66. The molecule has 0 aliphatic carbocycles. The summed E-state index contributed by atoms with van der Waals surface area (Å²) in [4.78, 5) is 12.1. The smallest absolute Gasteiger partial charge is 0.307 e. The van der Waals surface area contributed by atoms with Gasteiger partial charge in [-0.25, -0.2) is 5.43 Å². The molecule has 0 unspecified atom stereocenters. The van der Waals surface area contributed by atoms with E-state index in [1.165, 1.54) is 6.21 Å². The molecular formula is C18H12BrIN2O2. The molecular weight excluding hydrogens is 483 g/mol. The molecule has 0 saturated heterocycles. The lowest BCUT2D eigenvalue weighted by Gasteiger charge is -1.94. The average Bonchev–Trinajstić information content (AvgIpc) is 2.98. The standard InChI is InChI=1S/C18H12BrIN2O2/c19-14-9-13-10-17(24-16(13)11-15(14)20)18(23)22-21-8-4-7-12-5-2-1-3-6-12/h1-11H,(H,22,23)/b7-4+,21-8+. The van der Waals surface area contributed by atoms with Crippen molar-refractivity contribution in [1.29, 1.82) is 0 Å². The topological polar surface area (TPSA) is 54.6 Å². The number of rotatable bonds is 4. The maximum absolute atomic E-state index is 12.1. The lowest BCUT2D eigenvalue weighted by atomic mass is 10.2. The van der Waals surface area contributed by atoms with E-state index in [1.54, 1.807) is 12.1 Å². The fraction of sp³-hybridized carbons (Fsp3) is 0. The molecule has 0 radical (unpaired) electrons. The van der Waals surface area contributed by atoms with Crippen molar-refractivity contribution < 1.29 is 9.21 Å². The van der Waals surface area contributed by atoms with E-state index in [0.717, 1.165) is 19.0 Å². The van der Waals surface area contributed by atoms with Crippen LogP contribution in [0.4, 0.5) is 0 Å². The fourth-order valence-corrected chi connectivity index (χ4v) is 2.86. The number of nitrogens with one attached hydrogen (secondary N) is 1. The molecule has 6 heteroatoms. The Bertz CT molecular complexity index is 894. The Morgan fingerprint density at radius 1 is 1.21 bits per heavy atom. The minimum Gasteiger partial charge on any atom is -0.451 e. The van der Waals surface area contributed by atoms with Crippen LogP contribution in [0.25, 0.3) is 17.0 Å². The summed E-state index contributed by atoms with van der Waals surface area (Å²) in [5.74, 6) is -0.162. The lowest BCUT2D eigenvalue weighted by Crippen LogP contribution is -2.16. The van der Waals surface area contributed by atoms with E-state index in [9.17, 15) is 4.79 Å². The van der Waals surface area contributed by atoms with Crippen molar-refractivity contribution >= 4 is 67.7 Å². The third-order valence-corrected chi connectivity index (χ3v) is 5.49. The number of nitrogens with zero attached hydrogens (tertiary/aromatic N) is 1. The monoisotopic (exact) mass is 494 g/mol. The largest absolute Gasteiger partial charge is 0.451 e. The molecule has 0 saturated carbocycles. The van der Waals surface area contributed by atoms with E-state index in [-0.39, 0.29) is 11.7 Å². The highest BCUT2D eigenvalue weighted by Crippen LogP contribution is 2.28. The van der Waals surface area contributed by atoms with Crippen molar-refractivity contribution in [3.8, 4) is 0 Å². The Labute approximate surface area is 160 Å². The Hall–Kier alpha value is -1.93. The van der Waals surface area contributed by atoms with Crippen LogP contribution in [-0.2, 0) is 0 Å². The van der Waals surface area contributed by atoms with Crippen molar-refractivity contribution in [3.63, 3.8) is 0 Å². The first kappa shape index (κ1) is 16.9. The Balaban J connectivity index is 1.65. The first-order valence-electron chi connectivity index (χ1n) is 7.07. The van der Waals surface area contributed by atoms with E-state index in [2.05, 4.69) is 49.0 Å². The van der Waals surface area contributed by atoms with Crippen LogP contribution in [-0.4, -0.2) is 12.1 Å². The number of fused-ring (bicyclic) bond motifs is 1. The molecule has 0 bridgehead atoms. The Kier molecular flexibility index (Phi) is 5.47. The molecule has 1 heterocycles. The summed E-state index contributed by atoms with van der Waals surface area (Å²) in [5.41, 5.74) is 4.18. The van der Waals surface area contributed by atoms with Crippen molar-refractivity contribution in [1.82, 2.24) is 5.43 Å². The van der Waals surface area contributed by atoms with E-state index >= 15 is 0 Å². The van der Waals surface area contributed by atoms with Gasteiger partial charge in [-0.3, -0.25) is 4.79 Å². The van der Waals surface area contributed by atoms with Crippen molar-refractivity contribution in [2.24, 2.45) is 5.10 Å². The van der Waals surface area contributed by atoms with Crippen LogP contribution >= 0.6 is 38.5 Å². The second kappa shape index (κ2) is 7.76. The van der Waals surface area contributed by atoms with Gasteiger partial charge in [-0.1, -0.05) is 36.4 Å². The van der Waals surface area contributed by atoms with Crippen LogP contribution in [0.2, 0.25) is 0 Å². The summed E-state index contributed by atoms with van der Waals surface area (Å²) < 4.78 is 7.55. The van der Waals surface area contributed by atoms with Crippen LogP contribution in [0.1, 0.15) is 16.1 Å². The number of furan rings is 1. The Morgan fingerprint density at radius 3 is 2.79 bits per heavy atom. The van der Waals surface area contributed by atoms with Gasteiger partial charge in [0.2, 0.25) is 0 Å². The zero-order valence-corrected chi connectivity index (χ0v) is 16.1. The van der Waals surface area contributed by atoms with Gasteiger partial charge < -0.3 is 4.42 Å². The van der Waals surface area contributed by atoms with E-state index in [1.807, 2.05) is 48.5 Å². The summed E-state index contributed by atoms with van der Waals surface area (Å²) in [6, 6.07) is 15.3. The molecule has 1 amide bonds. The van der Waals surface area contributed by atoms with Crippen LogP contribution in [0.5, 0.6) is 0 Å². The van der Waals surface area contributed by atoms with Crippen molar-refractivity contribution in [3.05, 3.63) is 74.0 Å². The first-order chi connectivity index (χ1) is 11.6. The number of benzene rings is 2. The van der Waals surface area contributed by atoms with E-state index in [4.69, 9.17) is 4.42 Å². The van der Waals surface area contributed by atoms with Crippen LogP contribution in [0.3, 0.4) is 0 Å². The summed E-state index contributed by atoms with van der Waals surface area (Å²) in [6.45, 7) is 0. The zero-order valence-electron chi connectivity index (χ0n) is 12.4. The summed E-state index contributed by atoms with van der Waals surface area (Å²) in [6.07, 6.45) is 5.18. The van der Waals surface area contributed by atoms with Crippen LogP contribution in [0.15, 0.2) is 68.6 Å². The molecule has 0 atom stereocenters. The molecule has 0 aliphatic rings. The highest BCUT2D eigenvalue weighted by atomic mass is 127. The van der Waals surface area contributed by atoms with Gasteiger partial charge in [0.25, 0.3) is 0 Å². The van der Waals surface area contributed by atoms with Gasteiger partial charge in [-0.05, 0) is 68.4 Å². The van der Waals surface area contributed by atoms with Gasteiger partial charge in [0.1, 0.15) is 5.58 Å². The molecule has 0 fully saturated rings. The van der Waals surface area contributed by atoms with Gasteiger partial charge in [0.15, 0.2) is 5.76 Å². The second-order valence-corrected chi connectivity index (χ2v) is 6.92. The number of carbonyl (C=O) groups is 1. The number of allylic oxidation sites excluding steroid dienone is 1. The minimum absolute atomic E-state index is 0.225. The molecule has 4 nitrogen and oxygen atoms in total. The number of halogens is 2. The maximum Gasteiger partial charge on any atom is 0.307 e.